The van der Waals surface area contributed by atoms with Crippen molar-refractivity contribution in [3.63, 3.8) is 0 Å². The van der Waals surface area contributed by atoms with E-state index in [1.54, 1.807) is 0 Å². The van der Waals surface area contributed by atoms with E-state index in [4.69, 9.17) is 40.2 Å². The monoisotopic (exact) mass is 1290 g/mol. The van der Waals surface area contributed by atoms with E-state index in [1.165, 1.54) is 51.4 Å². The average molecular weight is 1290 g/mol. The molecule has 0 heterocycles. The van der Waals surface area contributed by atoms with Gasteiger partial charge in [-0.3, -0.25) is 0 Å². The molecule has 0 atom stereocenters. The minimum absolute atomic E-state index is 0. The van der Waals surface area contributed by atoms with Gasteiger partial charge >= 0.3 is 156 Å². The molecule has 0 N–H and O–H groups in total. The first-order valence-corrected chi connectivity index (χ1v) is 9.36. The van der Waals surface area contributed by atoms with E-state index in [0.29, 0.717) is 0 Å². The summed E-state index contributed by atoms with van der Waals surface area (Å²) >= 11 is 0. The van der Waals surface area contributed by atoms with Crippen molar-refractivity contribution in [3.05, 3.63) is 48.6 Å². The maximum atomic E-state index is 9.89. The Balaban J connectivity index is -0.0000000233. The number of allylic oxidation sites excluding steroid dienone is 8. The smallest absolute Gasteiger partial charge is 0.867 e. The topological polar surface area (TPSA) is 184 Å². The molecule has 0 aromatic rings. The fourth-order valence-electron chi connectivity index (χ4n) is 1.71. The second-order valence-electron chi connectivity index (χ2n) is 5.29. The quantitative estimate of drug-likeness (QED) is 0.134. The van der Waals surface area contributed by atoms with Crippen molar-refractivity contribution in [1.29, 1.82) is 0 Å². The molecule has 0 fully saturated rings. The van der Waals surface area contributed by atoms with Crippen LogP contribution in [0.15, 0.2) is 48.6 Å². The molecule has 0 saturated carbocycles. The van der Waals surface area contributed by atoms with Gasteiger partial charge in [0.2, 0.25) is 0 Å². The van der Waals surface area contributed by atoms with Gasteiger partial charge in [0.1, 0.15) is 29.6 Å². The minimum atomic E-state index is -3.17. The molecule has 2 rings (SSSR count). The summed E-state index contributed by atoms with van der Waals surface area (Å²) in [6.45, 7) is 0. The molecular formula is C16H24B4F4O8Rh8. The Bertz CT molecular complexity index is 372. The first-order valence-electron chi connectivity index (χ1n) is 9.36. The van der Waals surface area contributed by atoms with Crippen molar-refractivity contribution in [1.82, 2.24) is 0 Å². The molecule has 0 saturated heterocycles. The summed E-state index contributed by atoms with van der Waals surface area (Å²) in [5.41, 5.74) is 0. The molecule has 0 aromatic heterocycles. The average Bonchev–Trinajstić information content (AvgIpc) is 2.51. The molecule has 40 heavy (non-hydrogen) atoms. The second-order valence-corrected chi connectivity index (χ2v) is 5.29. The summed E-state index contributed by atoms with van der Waals surface area (Å²) in [6.07, 6.45) is 28.0. The Morgan fingerprint density at radius 2 is 0.325 bits per heavy atom. The van der Waals surface area contributed by atoms with Gasteiger partial charge in [0.15, 0.2) is 0 Å². The Labute approximate surface area is 338 Å². The largest absolute Gasteiger partial charge is 1.00 e. The van der Waals surface area contributed by atoms with Crippen LogP contribution in [-0.4, -0.2) is 29.6 Å². The summed E-state index contributed by atoms with van der Waals surface area (Å²) < 4.78 is 39.6. The van der Waals surface area contributed by atoms with Crippen LogP contribution in [0.25, 0.3) is 0 Å². The van der Waals surface area contributed by atoms with Gasteiger partial charge < -0.3 is 57.5 Å². The first kappa shape index (κ1) is 79.2. The Morgan fingerprint density at radius 3 is 0.375 bits per heavy atom. The van der Waals surface area contributed by atoms with Crippen LogP contribution in [0, 0.1) is 0 Å². The predicted molar refractivity (Wildman–Crippen MR) is 101 cm³/mol. The van der Waals surface area contributed by atoms with Crippen molar-refractivity contribution in [3.8, 4) is 0 Å². The number of rotatable bonds is 0. The second kappa shape index (κ2) is 73.8. The van der Waals surface area contributed by atoms with Gasteiger partial charge in [0.05, 0.1) is 0 Å². The molecule has 24 heteroatoms. The van der Waals surface area contributed by atoms with Crippen LogP contribution in [-0.2, 0) is 156 Å². The van der Waals surface area contributed by atoms with Crippen molar-refractivity contribution in [2.24, 2.45) is 0 Å². The van der Waals surface area contributed by atoms with E-state index in [2.05, 4.69) is 48.6 Å². The van der Waals surface area contributed by atoms with Gasteiger partial charge in [-0.25, -0.2) is 0 Å². The first-order chi connectivity index (χ1) is 14.9. The molecule has 0 amide bonds. The van der Waals surface area contributed by atoms with Crippen molar-refractivity contribution >= 4 is 29.6 Å². The van der Waals surface area contributed by atoms with E-state index in [1.807, 2.05) is 0 Å². The summed E-state index contributed by atoms with van der Waals surface area (Å²) in [4.78, 5) is 0. The molecule has 0 aliphatic heterocycles. The molecule has 2 aliphatic rings. The van der Waals surface area contributed by atoms with E-state index >= 15 is 0 Å². The van der Waals surface area contributed by atoms with Crippen LogP contribution in [0.3, 0.4) is 0 Å². The Kier molecular flexibility index (Phi) is 146. The standard InChI is InChI=1S/2C8H12.4BFO2.8Rh/c2*1-2-4-6-8-7-5-3-1;4*2-1(3)4;;;;;;;;/h2*1-2,7-8H,3-6H2;;;;;;;;;;;;/q;;4*-2;8*+1. The van der Waals surface area contributed by atoms with Gasteiger partial charge in [-0.15, -0.1) is 0 Å². The molecule has 0 aromatic carbocycles. The molecule has 0 unspecified atom stereocenters. The zero-order chi connectivity index (χ0) is 25.6. The van der Waals surface area contributed by atoms with Crippen LogP contribution in [0.4, 0.5) is 17.3 Å². The van der Waals surface area contributed by atoms with Gasteiger partial charge in [0, 0.05) is 0 Å². The Hall–Kier alpha value is 3.61. The summed E-state index contributed by atoms with van der Waals surface area (Å²) in [5.74, 6) is 0. The molecule has 8 nitrogen and oxygen atoms in total. The summed E-state index contributed by atoms with van der Waals surface area (Å²) in [5, 5.41) is 66.4. The van der Waals surface area contributed by atoms with Crippen molar-refractivity contribution in [2.45, 2.75) is 51.4 Å². The van der Waals surface area contributed by atoms with E-state index < -0.39 is 29.6 Å². The molecule has 0 bridgehead atoms. The third-order valence-electron chi connectivity index (χ3n) is 2.67. The summed E-state index contributed by atoms with van der Waals surface area (Å²) in [6, 6.07) is 0. The van der Waals surface area contributed by atoms with Gasteiger partial charge in [-0.2, -0.15) is 0 Å². The molecule has 2 aliphatic carbocycles. The Morgan fingerprint density at radius 1 is 0.275 bits per heavy atom. The normalized spacial score (nSPS) is 10.7. The maximum Gasteiger partial charge on any atom is 1.00 e. The van der Waals surface area contributed by atoms with Crippen LogP contribution < -0.4 is 40.2 Å². The molecular weight excluding hydrogens is 1260 g/mol. The zero-order valence-corrected chi connectivity index (χ0v) is 33.1. The third-order valence-corrected chi connectivity index (χ3v) is 2.67. The van der Waals surface area contributed by atoms with Gasteiger partial charge in [0.25, 0.3) is 0 Å². The van der Waals surface area contributed by atoms with Gasteiger partial charge in [-0.1, -0.05) is 48.6 Å². The van der Waals surface area contributed by atoms with Crippen LogP contribution in [0.5, 0.6) is 0 Å². The van der Waals surface area contributed by atoms with Crippen LogP contribution in [0.1, 0.15) is 51.4 Å². The van der Waals surface area contributed by atoms with Crippen LogP contribution in [0.2, 0.25) is 0 Å². The van der Waals surface area contributed by atoms with Crippen LogP contribution >= 0.6 is 0 Å². The van der Waals surface area contributed by atoms with Crippen molar-refractivity contribution in [2.75, 3.05) is 0 Å². The number of halogens is 4. The van der Waals surface area contributed by atoms with E-state index in [9.17, 15) is 17.3 Å². The van der Waals surface area contributed by atoms with Gasteiger partial charge in [-0.05, 0) is 51.4 Å². The summed E-state index contributed by atoms with van der Waals surface area (Å²) in [7, 11) is -12.7. The third kappa shape index (κ3) is 178. The SMILES string of the molecule is C1=CCCC=CCC1.C1=CCCC=CCC1.[O-]B([O-])F.[O-]B([O-])F.[O-]B([O-])F.[O-]B([O-])F.[Rh+].[Rh+].[Rh+].[Rh+].[Rh+].[Rh+].[Rh+].[Rh+]. The minimum Gasteiger partial charge on any atom is -0.867 e. The molecule has 0 spiro atoms. The molecule has 248 valence electrons. The zero-order valence-electron chi connectivity index (χ0n) is 20.0. The number of hydrogen-bond acceptors (Lipinski definition) is 8. The predicted octanol–water partition coefficient (Wildman–Crippen LogP) is -4.03. The fraction of sp³-hybridized carbons (Fsp3) is 0.500. The van der Waals surface area contributed by atoms with Crippen molar-refractivity contribution < 1.29 is 213 Å². The van der Waals surface area contributed by atoms with E-state index in [0.717, 1.165) is 0 Å². The maximum absolute atomic E-state index is 9.89. The fourth-order valence-corrected chi connectivity index (χ4v) is 1.71. The molecule has 0 radical (unpaired) electrons. The van der Waals surface area contributed by atoms with E-state index in [-0.39, 0.29) is 156 Å². The number of hydrogen-bond donors (Lipinski definition) is 0.